The molecule has 0 aromatic heterocycles. The summed E-state index contributed by atoms with van der Waals surface area (Å²) in [6.07, 6.45) is 7.00. The van der Waals surface area contributed by atoms with E-state index in [1.807, 2.05) is 0 Å². The Morgan fingerprint density at radius 2 is 2.20 bits per heavy atom. The molecule has 1 N–H and O–H groups in total. The van der Waals surface area contributed by atoms with Gasteiger partial charge in [0.15, 0.2) is 0 Å². The third-order valence-corrected chi connectivity index (χ3v) is 3.73. The topological polar surface area (TPSA) is 39.1 Å². The van der Waals surface area contributed by atoms with Crippen LogP contribution in [0.15, 0.2) is 0 Å². The molecule has 2 atom stereocenters. The van der Waals surface area contributed by atoms with E-state index in [0.717, 1.165) is 31.5 Å². The zero-order valence-corrected chi connectivity index (χ0v) is 9.41. The highest BCUT2D eigenvalue weighted by Crippen LogP contribution is 2.27. The van der Waals surface area contributed by atoms with Crippen molar-refractivity contribution in [3.63, 3.8) is 0 Å². The Kier molecular flexibility index (Phi) is 3.99. The second-order valence-corrected chi connectivity index (χ2v) is 4.71. The molecule has 2 heterocycles. The molecule has 2 fully saturated rings. The van der Waals surface area contributed by atoms with Crippen LogP contribution in [0.2, 0.25) is 0 Å². The predicted molar refractivity (Wildman–Crippen MR) is 60.5 cm³/mol. The van der Waals surface area contributed by atoms with Gasteiger partial charge in [0.2, 0.25) is 0 Å². The van der Waals surface area contributed by atoms with Crippen LogP contribution < -0.4 is 5.32 Å². The van der Waals surface area contributed by atoms with Gasteiger partial charge in [0.05, 0.1) is 6.07 Å². The molecule has 2 aliphatic heterocycles. The summed E-state index contributed by atoms with van der Waals surface area (Å²) in [5, 5.41) is 12.1. The van der Waals surface area contributed by atoms with Crippen LogP contribution >= 0.6 is 0 Å². The van der Waals surface area contributed by atoms with Crippen LogP contribution in [0.3, 0.4) is 0 Å². The van der Waals surface area contributed by atoms with Crippen molar-refractivity contribution in [2.75, 3.05) is 19.6 Å². The first-order valence-electron chi connectivity index (χ1n) is 6.26. The van der Waals surface area contributed by atoms with Gasteiger partial charge in [-0.15, -0.1) is 0 Å². The highest BCUT2D eigenvalue weighted by Gasteiger charge is 2.36. The number of nitrogens with one attached hydrogen (secondary N) is 1. The maximum absolute atomic E-state index is 8.42. The molecular weight excluding hydrogens is 186 g/mol. The Hall–Kier alpha value is -0.590. The first-order chi connectivity index (χ1) is 7.42. The summed E-state index contributed by atoms with van der Waals surface area (Å²) in [7, 11) is 0. The standard InChI is InChI=1S/C12H21N3/c13-7-2-1-3-8-14-11-6-10-15-9-4-5-12(11)15/h11-12,14H,1-6,8-10H2. The van der Waals surface area contributed by atoms with Crippen LogP contribution in [0, 0.1) is 11.3 Å². The molecule has 2 rings (SSSR count). The van der Waals surface area contributed by atoms with Gasteiger partial charge in [-0.1, -0.05) is 0 Å². The number of nitrogens with zero attached hydrogens (tertiary/aromatic N) is 2. The average Bonchev–Trinajstić information content (AvgIpc) is 2.81. The normalized spacial score (nSPS) is 30.3. The quantitative estimate of drug-likeness (QED) is 0.694. The fourth-order valence-electron chi connectivity index (χ4n) is 2.94. The van der Waals surface area contributed by atoms with E-state index in [2.05, 4.69) is 16.3 Å². The molecular formula is C12H21N3. The number of nitriles is 1. The van der Waals surface area contributed by atoms with Crippen molar-refractivity contribution >= 4 is 0 Å². The summed E-state index contributed by atoms with van der Waals surface area (Å²) in [5.74, 6) is 0. The molecule has 0 aromatic carbocycles. The minimum Gasteiger partial charge on any atom is -0.312 e. The second kappa shape index (κ2) is 5.48. The lowest BCUT2D eigenvalue weighted by atomic mass is 10.1. The van der Waals surface area contributed by atoms with Crippen molar-refractivity contribution in [2.45, 2.75) is 50.6 Å². The van der Waals surface area contributed by atoms with Crippen LogP contribution in [0.25, 0.3) is 0 Å². The van der Waals surface area contributed by atoms with Crippen molar-refractivity contribution in [3.8, 4) is 6.07 Å². The Labute approximate surface area is 92.4 Å². The molecule has 0 spiro atoms. The van der Waals surface area contributed by atoms with Gasteiger partial charge >= 0.3 is 0 Å². The van der Waals surface area contributed by atoms with Gasteiger partial charge in [0.1, 0.15) is 0 Å². The van der Waals surface area contributed by atoms with Gasteiger partial charge < -0.3 is 5.32 Å². The zero-order chi connectivity index (χ0) is 10.5. The highest BCUT2D eigenvalue weighted by molar-refractivity contribution is 4.95. The van der Waals surface area contributed by atoms with Crippen molar-refractivity contribution in [3.05, 3.63) is 0 Å². The van der Waals surface area contributed by atoms with Crippen LogP contribution in [-0.4, -0.2) is 36.6 Å². The molecule has 0 amide bonds. The van der Waals surface area contributed by atoms with Gasteiger partial charge in [-0.2, -0.15) is 5.26 Å². The summed E-state index contributed by atoms with van der Waals surface area (Å²) < 4.78 is 0. The number of rotatable bonds is 5. The summed E-state index contributed by atoms with van der Waals surface area (Å²) in [6.45, 7) is 3.70. The van der Waals surface area contributed by atoms with E-state index in [1.165, 1.54) is 32.4 Å². The number of hydrogen-bond acceptors (Lipinski definition) is 3. The molecule has 0 radical (unpaired) electrons. The van der Waals surface area contributed by atoms with Crippen molar-refractivity contribution in [2.24, 2.45) is 0 Å². The number of fused-ring (bicyclic) bond motifs is 1. The minimum absolute atomic E-state index is 0.710. The SMILES string of the molecule is N#CCCCCNC1CCN2CCCC12. The molecule has 2 saturated heterocycles. The largest absolute Gasteiger partial charge is 0.312 e. The van der Waals surface area contributed by atoms with Gasteiger partial charge in [-0.05, 0) is 45.2 Å². The predicted octanol–water partition coefficient (Wildman–Crippen LogP) is 1.51. The third kappa shape index (κ3) is 2.70. The lowest BCUT2D eigenvalue weighted by Crippen LogP contribution is -2.39. The van der Waals surface area contributed by atoms with E-state index in [-0.39, 0.29) is 0 Å². The zero-order valence-electron chi connectivity index (χ0n) is 9.41. The first-order valence-corrected chi connectivity index (χ1v) is 6.26. The van der Waals surface area contributed by atoms with Crippen molar-refractivity contribution in [1.29, 1.82) is 5.26 Å². The second-order valence-electron chi connectivity index (χ2n) is 4.71. The first kappa shape index (κ1) is 10.9. The molecule has 84 valence electrons. The summed E-state index contributed by atoms with van der Waals surface area (Å²) in [4.78, 5) is 2.63. The summed E-state index contributed by atoms with van der Waals surface area (Å²) in [5.41, 5.74) is 0. The Morgan fingerprint density at radius 1 is 1.27 bits per heavy atom. The van der Waals surface area contributed by atoms with E-state index in [4.69, 9.17) is 5.26 Å². The van der Waals surface area contributed by atoms with Crippen molar-refractivity contribution < 1.29 is 0 Å². The molecule has 3 heteroatoms. The van der Waals surface area contributed by atoms with E-state index in [9.17, 15) is 0 Å². The Balaban J connectivity index is 1.61. The maximum Gasteiger partial charge on any atom is 0.0621 e. The van der Waals surface area contributed by atoms with Crippen LogP contribution in [0.4, 0.5) is 0 Å². The van der Waals surface area contributed by atoms with E-state index in [1.54, 1.807) is 0 Å². The van der Waals surface area contributed by atoms with Crippen LogP contribution in [0.5, 0.6) is 0 Å². The van der Waals surface area contributed by atoms with Crippen LogP contribution in [-0.2, 0) is 0 Å². The van der Waals surface area contributed by atoms with Gasteiger partial charge in [0, 0.05) is 25.0 Å². The summed E-state index contributed by atoms with van der Waals surface area (Å²) in [6, 6.07) is 3.75. The lowest BCUT2D eigenvalue weighted by Gasteiger charge is -2.21. The van der Waals surface area contributed by atoms with E-state index in [0.29, 0.717) is 6.42 Å². The fourth-order valence-corrected chi connectivity index (χ4v) is 2.94. The van der Waals surface area contributed by atoms with Crippen molar-refractivity contribution in [1.82, 2.24) is 10.2 Å². The monoisotopic (exact) mass is 207 g/mol. The Morgan fingerprint density at radius 3 is 3.07 bits per heavy atom. The van der Waals surface area contributed by atoms with E-state index >= 15 is 0 Å². The molecule has 3 nitrogen and oxygen atoms in total. The van der Waals surface area contributed by atoms with Gasteiger partial charge in [-0.3, -0.25) is 4.90 Å². The van der Waals surface area contributed by atoms with Crippen LogP contribution in [0.1, 0.15) is 38.5 Å². The smallest absolute Gasteiger partial charge is 0.0621 e. The summed E-state index contributed by atoms with van der Waals surface area (Å²) >= 11 is 0. The maximum atomic E-state index is 8.42. The molecule has 2 unspecified atom stereocenters. The minimum atomic E-state index is 0.710. The molecule has 0 aromatic rings. The van der Waals surface area contributed by atoms with E-state index < -0.39 is 0 Å². The molecule has 0 aliphatic carbocycles. The molecule has 15 heavy (non-hydrogen) atoms. The molecule has 0 bridgehead atoms. The fraction of sp³-hybridized carbons (Fsp3) is 0.917. The number of hydrogen-bond donors (Lipinski definition) is 1. The lowest BCUT2D eigenvalue weighted by molar-refractivity contribution is 0.298. The van der Waals surface area contributed by atoms with Gasteiger partial charge in [0.25, 0.3) is 0 Å². The average molecular weight is 207 g/mol. The highest BCUT2D eigenvalue weighted by atomic mass is 15.2. The number of unbranched alkanes of at least 4 members (excludes halogenated alkanes) is 2. The van der Waals surface area contributed by atoms with Gasteiger partial charge in [-0.25, -0.2) is 0 Å². The molecule has 2 aliphatic rings. The Bertz CT molecular complexity index is 234. The molecule has 0 saturated carbocycles. The third-order valence-electron chi connectivity index (χ3n) is 3.73.